The average molecular weight is 343 g/mol. The van der Waals surface area contributed by atoms with Crippen molar-refractivity contribution in [1.29, 1.82) is 0 Å². The van der Waals surface area contributed by atoms with Gasteiger partial charge in [0.2, 0.25) is 5.91 Å². The molecule has 0 aliphatic rings. The number of hydrogen-bond donors (Lipinski definition) is 0. The summed E-state index contributed by atoms with van der Waals surface area (Å²) in [6.07, 6.45) is 0. The second-order valence-electron chi connectivity index (χ2n) is 2.80. The molecule has 1 aromatic rings. The van der Waals surface area contributed by atoms with Gasteiger partial charge in [0.1, 0.15) is 5.82 Å². The Labute approximate surface area is 103 Å². The maximum atomic E-state index is 13.4. The van der Waals surface area contributed by atoms with E-state index >= 15 is 0 Å². The Morgan fingerprint density at radius 2 is 2.07 bits per heavy atom. The van der Waals surface area contributed by atoms with Crippen LogP contribution in [0.4, 0.5) is 14.5 Å². The highest BCUT2D eigenvalue weighted by Crippen LogP contribution is 2.29. The quantitative estimate of drug-likeness (QED) is 0.756. The number of anilines is 1. The number of carbonyl (C=O) groups is 1. The first-order chi connectivity index (χ1) is 6.97. The molecule has 0 radical (unpaired) electrons. The zero-order valence-electron chi connectivity index (χ0n) is 7.73. The van der Waals surface area contributed by atoms with Crippen LogP contribution >= 0.6 is 31.9 Å². The van der Waals surface area contributed by atoms with Crippen LogP contribution in [0.1, 0.15) is 0 Å². The fraction of sp³-hybridized carbons (Fsp3) is 0.222. The summed E-state index contributed by atoms with van der Waals surface area (Å²) in [6, 6.07) is 1.84. The van der Waals surface area contributed by atoms with Gasteiger partial charge in [-0.3, -0.25) is 4.79 Å². The van der Waals surface area contributed by atoms with Crippen molar-refractivity contribution in [1.82, 2.24) is 0 Å². The van der Waals surface area contributed by atoms with Crippen molar-refractivity contribution in [2.45, 2.75) is 0 Å². The minimum atomic E-state index is -0.779. The number of benzene rings is 1. The summed E-state index contributed by atoms with van der Waals surface area (Å²) >= 11 is 5.98. The smallest absolute Gasteiger partial charge is 0.237 e. The molecule has 0 aromatic heterocycles. The fourth-order valence-electron chi connectivity index (χ4n) is 1.07. The van der Waals surface area contributed by atoms with Gasteiger partial charge < -0.3 is 4.90 Å². The molecule has 0 spiro atoms. The van der Waals surface area contributed by atoms with E-state index in [0.717, 1.165) is 17.0 Å². The standard InChI is InChI=1S/C9H7Br2F2NO/c1-14(8(15)4-10)9-6(11)2-5(12)3-7(9)13/h2-3H,4H2,1H3. The Morgan fingerprint density at radius 1 is 1.47 bits per heavy atom. The Morgan fingerprint density at radius 3 is 2.53 bits per heavy atom. The van der Waals surface area contributed by atoms with Crippen molar-refractivity contribution in [3.8, 4) is 0 Å². The molecule has 6 heteroatoms. The average Bonchev–Trinajstić information content (AvgIpc) is 2.14. The molecule has 1 aromatic carbocycles. The second kappa shape index (κ2) is 5.03. The van der Waals surface area contributed by atoms with Crippen LogP contribution in [0.2, 0.25) is 0 Å². The first kappa shape index (κ1) is 12.6. The van der Waals surface area contributed by atoms with Crippen molar-refractivity contribution < 1.29 is 13.6 Å². The van der Waals surface area contributed by atoms with Gasteiger partial charge in [-0.2, -0.15) is 0 Å². The predicted octanol–water partition coefficient (Wildman–Crippen LogP) is 3.09. The molecule has 2 nitrogen and oxygen atoms in total. The Hall–Kier alpha value is -0.490. The second-order valence-corrected chi connectivity index (χ2v) is 4.22. The fourth-order valence-corrected chi connectivity index (χ4v) is 2.12. The highest BCUT2D eigenvalue weighted by molar-refractivity contribution is 9.10. The normalized spacial score (nSPS) is 10.2. The lowest BCUT2D eigenvalue weighted by Gasteiger charge is -2.18. The summed E-state index contributed by atoms with van der Waals surface area (Å²) in [5.41, 5.74) is 0.0286. The van der Waals surface area contributed by atoms with Crippen molar-refractivity contribution in [3.63, 3.8) is 0 Å². The molecule has 0 aliphatic carbocycles. The van der Waals surface area contributed by atoms with Crippen LogP contribution < -0.4 is 4.90 Å². The van der Waals surface area contributed by atoms with Gasteiger partial charge in [-0.15, -0.1) is 0 Å². The first-order valence-corrected chi connectivity index (χ1v) is 5.86. The van der Waals surface area contributed by atoms with E-state index in [2.05, 4.69) is 31.9 Å². The lowest BCUT2D eigenvalue weighted by molar-refractivity contribution is -0.115. The molecule has 15 heavy (non-hydrogen) atoms. The molecule has 0 saturated carbocycles. The number of halogens is 4. The summed E-state index contributed by atoms with van der Waals surface area (Å²) in [4.78, 5) is 12.4. The third-order valence-corrected chi connectivity index (χ3v) is 2.89. The summed E-state index contributed by atoms with van der Waals surface area (Å²) in [7, 11) is 1.42. The number of alkyl halides is 1. The number of carbonyl (C=O) groups excluding carboxylic acids is 1. The monoisotopic (exact) mass is 341 g/mol. The number of nitrogens with zero attached hydrogens (tertiary/aromatic N) is 1. The van der Waals surface area contributed by atoms with Gasteiger partial charge in [0, 0.05) is 17.6 Å². The predicted molar refractivity (Wildman–Crippen MR) is 61.3 cm³/mol. The van der Waals surface area contributed by atoms with Gasteiger partial charge in [-0.1, -0.05) is 15.9 Å². The van der Waals surface area contributed by atoms with Crippen LogP contribution in [-0.2, 0) is 4.79 Å². The van der Waals surface area contributed by atoms with E-state index in [1.54, 1.807) is 0 Å². The molecule has 0 heterocycles. The topological polar surface area (TPSA) is 20.3 Å². The Balaban J connectivity index is 3.19. The van der Waals surface area contributed by atoms with Gasteiger partial charge in [-0.25, -0.2) is 8.78 Å². The summed E-state index contributed by atoms with van der Waals surface area (Å²) in [6.45, 7) is 0. The number of hydrogen-bond acceptors (Lipinski definition) is 1. The highest BCUT2D eigenvalue weighted by Gasteiger charge is 2.18. The molecule has 0 aliphatic heterocycles. The maximum absolute atomic E-state index is 13.4. The summed E-state index contributed by atoms with van der Waals surface area (Å²) < 4.78 is 26.4. The van der Waals surface area contributed by atoms with Crippen molar-refractivity contribution in [2.24, 2.45) is 0 Å². The van der Waals surface area contributed by atoms with E-state index in [-0.39, 0.29) is 21.4 Å². The third kappa shape index (κ3) is 2.75. The molecule has 1 rings (SSSR count). The minimum Gasteiger partial charge on any atom is -0.311 e. The van der Waals surface area contributed by atoms with Crippen LogP contribution in [0.15, 0.2) is 16.6 Å². The molecular formula is C9H7Br2F2NO. The van der Waals surface area contributed by atoms with Crippen LogP contribution in [0.5, 0.6) is 0 Å². The van der Waals surface area contributed by atoms with Crippen LogP contribution in [-0.4, -0.2) is 18.3 Å². The summed E-state index contributed by atoms with van der Waals surface area (Å²) in [5.74, 6) is -1.79. The highest BCUT2D eigenvalue weighted by atomic mass is 79.9. The third-order valence-electron chi connectivity index (χ3n) is 1.81. The van der Waals surface area contributed by atoms with E-state index in [1.807, 2.05) is 0 Å². The van der Waals surface area contributed by atoms with Gasteiger partial charge in [-0.05, 0) is 22.0 Å². The molecule has 0 fully saturated rings. The van der Waals surface area contributed by atoms with E-state index < -0.39 is 11.6 Å². The molecule has 0 bridgehead atoms. The van der Waals surface area contributed by atoms with E-state index in [0.29, 0.717) is 0 Å². The van der Waals surface area contributed by atoms with Gasteiger partial charge in [0.25, 0.3) is 0 Å². The van der Waals surface area contributed by atoms with E-state index in [9.17, 15) is 13.6 Å². The van der Waals surface area contributed by atoms with Crippen molar-refractivity contribution in [2.75, 3.05) is 17.3 Å². The largest absolute Gasteiger partial charge is 0.311 e. The zero-order valence-corrected chi connectivity index (χ0v) is 10.9. The molecule has 1 amide bonds. The summed E-state index contributed by atoms with van der Waals surface area (Å²) in [5, 5.41) is 0.0761. The van der Waals surface area contributed by atoms with Gasteiger partial charge >= 0.3 is 0 Å². The maximum Gasteiger partial charge on any atom is 0.237 e. The molecular weight excluding hydrogens is 336 g/mol. The van der Waals surface area contributed by atoms with Crippen LogP contribution in [0.25, 0.3) is 0 Å². The van der Waals surface area contributed by atoms with Crippen LogP contribution in [0, 0.1) is 11.6 Å². The lowest BCUT2D eigenvalue weighted by atomic mass is 10.2. The van der Waals surface area contributed by atoms with Crippen LogP contribution in [0.3, 0.4) is 0 Å². The lowest BCUT2D eigenvalue weighted by Crippen LogP contribution is -2.28. The van der Waals surface area contributed by atoms with Gasteiger partial charge in [0.05, 0.1) is 11.0 Å². The molecule has 0 N–H and O–H groups in total. The van der Waals surface area contributed by atoms with Gasteiger partial charge in [0.15, 0.2) is 5.82 Å². The van der Waals surface area contributed by atoms with E-state index in [4.69, 9.17) is 0 Å². The molecule has 82 valence electrons. The SMILES string of the molecule is CN(C(=O)CBr)c1c(F)cc(F)cc1Br. The Bertz CT molecular complexity index is 375. The Kier molecular flexibility index (Phi) is 4.21. The molecule has 0 atom stereocenters. The van der Waals surface area contributed by atoms with Crippen molar-refractivity contribution >= 4 is 43.5 Å². The minimum absolute atomic E-state index is 0.0286. The first-order valence-electron chi connectivity index (χ1n) is 3.94. The molecule has 0 unspecified atom stereocenters. The zero-order chi connectivity index (χ0) is 11.6. The van der Waals surface area contributed by atoms with E-state index in [1.165, 1.54) is 7.05 Å². The number of rotatable bonds is 2. The van der Waals surface area contributed by atoms with Crippen molar-refractivity contribution in [3.05, 3.63) is 28.2 Å². The number of amides is 1. The molecule has 0 saturated heterocycles.